The zero-order chi connectivity index (χ0) is 30.4. The van der Waals surface area contributed by atoms with Crippen molar-refractivity contribution in [3.63, 3.8) is 0 Å². The van der Waals surface area contributed by atoms with Gasteiger partial charge in [-0.05, 0) is 6.42 Å². The fourth-order valence-electron chi connectivity index (χ4n) is 3.46. The van der Waals surface area contributed by atoms with Gasteiger partial charge in [0.1, 0.15) is 6.61 Å². The van der Waals surface area contributed by atoms with E-state index in [0.717, 1.165) is 19.1 Å². The van der Waals surface area contributed by atoms with Gasteiger partial charge in [-0.2, -0.15) is 0 Å². The third kappa shape index (κ3) is 36.9. The number of carbonyl (C=O) groups is 1. The van der Waals surface area contributed by atoms with Crippen LogP contribution in [0, 0.1) is 0 Å². The number of rotatable bonds is 37. The summed E-state index contributed by atoms with van der Waals surface area (Å²) in [5.41, 5.74) is 0. The zero-order valence-electron chi connectivity index (χ0n) is 26.4. The molecule has 0 bridgehead atoms. The van der Waals surface area contributed by atoms with Gasteiger partial charge in [0, 0.05) is 12.7 Å². The van der Waals surface area contributed by atoms with Gasteiger partial charge in [0.25, 0.3) is 0 Å². The molecule has 0 heterocycles. The number of hydrogen-bond acceptors (Lipinski definition) is 11. The molecule has 0 saturated carbocycles. The van der Waals surface area contributed by atoms with Crippen LogP contribution in [0.25, 0.3) is 0 Å². The number of hydrogen-bond donors (Lipinski definition) is 0. The van der Waals surface area contributed by atoms with E-state index in [0.29, 0.717) is 112 Å². The maximum atomic E-state index is 10.8. The summed E-state index contributed by atoms with van der Waals surface area (Å²) in [6, 6.07) is 0. The lowest BCUT2D eigenvalue weighted by Crippen LogP contribution is -2.15. The van der Waals surface area contributed by atoms with Crippen LogP contribution in [0.3, 0.4) is 0 Å². The molecule has 11 heteroatoms. The van der Waals surface area contributed by atoms with Crippen LogP contribution in [0.5, 0.6) is 0 Å². The van der Waals surface area contributed by atoms with E-state index in [4.69, 9.17) is 47.4 Å². The SMILES string of the molecule is C=CC(=O)OCCOCCOCCOCCOCCOCCOCCOCCOCCOCCCCCCCCCC. The Balaban J connectivity index is 3.04. The minimum Gasteiger partial charge on any atom is -0.460 e. The molecule has 11 nitrogen and oxygen atoms in total. The van der Waals surface area contributed by atoms with E-state index < -0.39 is 5.97 Å². The maximum Gasteiger partial charge on any atom is 0.330 e. The van der Waals surface area contributed by atoms with Crippen molar-refractivity contribution in [2.45, 2.75) is 58.3 Å². The van der Waals surface area contributed by atoms with Gasteiger partial charge in [-0.1, -0.05) is 58.4 Å². The van der Waals surface area contributed by atoms with E-state index in [9.17, 15) is 4.79 Å². The van der Waals surface area contributed by atoms with Crippen molar-refractivity contribution in [3.05, 3.63) is 12.7 Å². The van der Waals surface area contributed by atoms with E-state index >= 15 is 0 Å². The average molecular weight is 609 g/mol. The summed E-state index contributed by atoms with van der Waals surface area (Å²) in [7, 11) is 0. The number of carbonyl (C=O) groups excluding carboxylic acids is 1. The second-order valence-electron chi connectivity index (χ2n) is 9.36. The van der Waals surface area contributed by atoms with Crippen LogP contribution in [-0.2, 0) is 52.2 Å². The number of ether oxygens (including phenoxy) is 10. The summed E-state index contributed by atoms with van der Waals surface area (Å²) in [6.45, 7) is 15.3. The molecule has 0 amide bonds. The van der Waals surface area contributed by atoms with E-state index in [1.807, 2.05) is 0 Å². The average Bonchev–Trinajstić information content (AvgIpc) is 3.00. The first-order valence-electron chi connectivity index (χ1n) is 15.8. The molecule has 0 aliphatic carbocycles. The molecule has 0 radical (unpaired) electrons. The van der Waals surface area contributed by atoms with Gasteiger partial charge >= 0.3 is 5.97 Å². The predicted octanol–water partition coefficient (Wildman–Crippen LogP) is 4.01. The first-order chi connectivity index (χ1) is 20.8. The van der Waals surface area contributed by atoms with Gasteiger partial charge in [-0.25, -0.2) is 4.79 Å². The highest BCUT2D eigenvalue weighted by molar-refractivity contribution is 5.81. The Morgan fingerprint density at radius 1 is 0.405 bits per heavy atom. The molecule has 0 aliphatic rings. The number of esters is 1. The Labute approximate surface area is 254 Å². The third-order valence-electron chi connectivity index (χ3n) is 5.76. The van der Waals surface area contributed by atoms with Gasteiger partial charge in [0.15, 0.2) is 0 Å². The molecule has 42 heavy (non-hydrogen) atoms. The van der Waals surface area contributed by atoms with E-state index in [1.54, 1.807) is 0 Å². The van der Waals surface area contributed by atoms with Crippen LogP contribution >= 0.6 is 0 Å². The summed E-state index contributed by atoms with van der Waals surface area (Å²) < 4.78 is 53.9. The second kappa shape index (κ2) is 37.9. The second-order valence-corrected chi connectivity index (χ2v) is 9.36. The zero-order valence-corrected chi connectivity index (χ0v) is 26.4. The Bertz CT molecular complexity index is 537. The molecule has 0 aliphatic heterocycles. The van der Waals surface area contributed by atoms with Crippen molar-refractivity contribution in [1.29, 1.82) is 0 Å². The first-order valence-corrected chi connectivity index (χ1v) is 15.8. The highest BCUT2D eigenvalue weighted by atomic mass is 16.6. The largest absolute Gasteiger partial charge is 0.460 e. The molecular weight excluding hydrogens is 548 g/mol. The summed E-state index contributed by atoms with van der Waals surface area (Å²) in [5, 5.41) is 0. The minimum atomic E-state index is -0.454. The Hall–Kier alpha value is -1.15. The van der Waals surface area contributed by atoms with Gasteiger partial charge in [-0.15, -0.1) is 0 Å². The minimum absolute atomic E-state index is 0.204. The van der Waals surface area contributed by atoms with Crippen LogP contribution in [-0.4, -0.2) is 132 Å². The van der Waals surface area contributed by atoms with E-state index in [2.05, 4.69) is 13.5 Å². The Kier molecular flexibility index (Phi) is 36.8. The molecule has 0 atom stereocenters. The normalized spacial score (nSPS) is 11.3. The topological polar surface area (TPSA) is 109 Å². The van der Waals surface area contributed by atoms with Crippen molar-refractivity contribution < 1.29 is 52.2 Å². The first kappa shape index (κ1) is 40.9. The van der Waals surface area contributed by atoms with Gasteiger partial charge in [-0.3, -0.25) is 0 Å². The van der Waals surface area contributed by atoms with Gasteiger partial charge in [0.05, 0.1) is 112 Å². The van der Waals surface area contributed by atoms with Crippen molar-refractivity contribution in [2.24, 2.45) is 0 Å². The molecule has 0 fully saturated rings. The molecule has 250 valence electrons. The standard InChI is InChI=1S/C31H60O11/c1-3-5-6-7-8-9-10-11-12-33-13-14-34-15-16-35-17-18-36-19-20-37-21-22-38-23-24-39-25-26-40-27-28-41-29-30-42-31(32)4-2/h4H,2-3,5-30H2,1H3. The van der Waals surface area contributed by atoms with Crippen LogP contribution in [0.2, 0.25) is 0 Å². The molecule has 0 spiro atoms. The smallest absolute Gasteiger partial charge is 0.330 e. The summed E-state index contributed by atoms with van der Waals surface area (Å²) in [5.74, 6) is -0.454. The van der Waals surface area contributed by atoms with Crippen molar-refractivity contribution in [1.82, 2.24) is 0 Å². The van der Waals surface area contributed by atoms with Crippen molar-refractivity contribution >= 4 is 5.97 Å². The lowest BCUT2D eigenvalue weighted by Gasteiger charge is -2.09. The Morgan fingerprint density at radius 2 is 0.667 bits per heavy atom. The molecule has 0 rings (SSSR count). The van der Waals surface area contributed by atoms with Crippen LogP contribution in [0.4, 0.5) is 0 Å². The monoisotopic (exact) mass is 608 g/mol. The highest BCUT2D eigenvalue weighted by Crippen LogP contribution is 2.08. The van der Waals surface area contributed by atoms with Gasteiger partial charge < -0.3 is 47.4 Å². The highest BCUT2D eigenvalue weighted by Gasteiger charge is 1.97. The summed E-state index contributed by atoms with van der Waals surface area (Å²) in [4.78, 5) is 10.8. The van der Waals surface area contributed by atoms with Crippen LogP contribution in [0.1, 0.15) is 58.3 Å². The lowest BCUT2D eigenvalue weighted by molar-refractivity contribution is -0.139. The summed E-state index contributed by atoms with van der Waals surface area (Å²) >= 11 is 0. The van der Waals surface area contributed by atoms with Crippen molar-refractivity contribution in [3.8, 4) is 0 Å². The fourth-order valence-corrected chi connectivity index (χ4v) is 3.46. The van der Waals surface area contributed by atoms with Crippen LogP contribution < -0.4 is 0 Å². The van der Waals surface area contributed by atoms with Crippen LogP contribution in [0.15, 0.2) is 12.7 Å². The molecule has 0 aromatic heterocycles. The molecule has 0 aromatic rings. The quantitative estimate of drug-likeness (QED) is 0.0580. The van der Waals surface area contributed by atoms with Gasteiger partial charge in [0.2, 0.25) is 0 Å². The molecule has 0 aromatic carbocycles. The molecule has 0 saturated heterocycles. The molecule has 0 N–H and O–H groups in total. The third-order valence-corrected chi connectivity index (χ3v) is 5.76. The van der Waals surface area contributed by atoms with Crippen molar-refractivity contribution in [2.75, 3.05) is 126 Å². The van der Waals surface area contributed by atoms with E-state index in [1.165, 1.54) is 44.9 Å². The maximum absolute atomic E-state index is 10.8. The Morgan fingerprint density at radius 3 is 0.976 bits per heavy atom. The molecular formula is C31H60O11. The fraction of sp³-hybridized carbons (Fsp3) is 0.903. The lowest BCUT2D eigenvalue weighted by atomic mass is 10.1. The number of unbranched alkanes of at least 4 members (excludes halogenated alkanes) is 7. The van der Waals surface area contributed by atoms with E-state index in [-0.39, 0.29) is 6.61 Å². The predicted molar refractivity (Wildman–Crippen MR) is 161 cm³/mol. The molecule has 0 unspecified atom stereocenters. The summed E-state index contributed by atoms with van der Waals surface area (Å²) in [6.07, 6.45) is 11.6.